The fourth-order valence-electron chi connectivity index (χ4n) is 7.71. The van der Waals surface area contributed by atoms with Gasteiger partial charge in [-0.05, 0) is 117 Å². The molecular formula is C31H34N4O4. The Morgan fingerprint density at radius 1 is 1.00 bits per heavy atom. The first kappa shape index (κ1) is 25.3. The Morgan fingerprint density at radius 2 is 1.67 bits per heavy atom. The number of rotatable bonds is 4. The van der Waals surface area contributed by atoms with E-state index < -0.39 is 23.2 Å². The van der Waals surface area contributed by atoms with Crippen molar-refractivity contribution in [2.24, 2.45) is 22.7 Å². The Hall–Kier alpha value is -3.94. The molecule has 3 N–H and O–H groups in total. The van der Waals surface area contributed by atoms with Crippen LogP contribution in [-0.2, 0) is 5.41 Å². The van der Waals surface area contributed by atoms with Crippen molar-refractivity contribution in [1.82, 2.24) is 9.55 Å². The van der Waals surface area contributed by atoms with Crippen molar-refractivity contribution in [3.63, 3.8) is 0 Å². The van der Waals surface area contributed by atoms with Crippen molar-refractivity contribution in [3.8, 4) is 11.6 Å². The predicted molar refractivity (Wildman–Crippen MR) is 151 cm³/mol. The number of nitrogens with zero attached hydrogens (tertiary/aromatic N) is 2. The Bertz CT molecular complexity index is 1600. The van der Waals surface area contributed by atoms with Gasteiger partial charge in [-0.1, -0.05) is 24.3 Å². The number of urea groups is 1. The molecule has 202 valence electrons. The zero-order valence-corrected chi connectivity index (χ0v) is 22.6. The average molecular weight is 527 g/mol. The number of aryl methyl sites for hydroxylation is 3. The molecule has 2 aromatic carbocycles. The van der Waals surface area contributed by atoms with E-state index in [0.29, 0.717) is 11.4 Å². The number of benzene rings is 2. The van der Waals surface area contributed by atoms with Crippen LogP contribution in [0.3, 0.4) is 0 Å². The standard InChI is InChI=1S/C31H34N4O4/c1-17-4-5-18(2)26(8-17)35-28(37)24(27(36)34-30(35)39)16-32-29(38)33-25-7-6-23(9-19(25)3)31-13-20-10-21(14-31)12-22(11-20)15-31/h4-9,16,20-22,37H,10-15H2,1-3H3,(H,33,38)(H,34,36,39). The van der Waals surface area contributed by atoms with Gasteiger partial charge in [-0.3, -0.25) is 9.78 Å². The third kappa shape index (κ3) is 4.51. The van der Waals surface area contributed by atoms with Gasteiger partial charge in [0.15, 0.2) is 0 Å². The van der Waals surface area contributed by atoms with Crippen molar-refractivity contribution in [1.29, 1.82) is 0 Å². The van der Waals surface area contributed by atoms with Crippen molar-refractivity contribution >= 4 is 17.9 Å². The smallest absolute Gasteiger partial charge is 0.345 e. The van der Waals surface area contributed by atoms with Crippen LogP contribution >= 0.6 is 0 Å². The van der Waals surface area contributed by atoms with Crippen LogP contribution in [0.15, 0.2) is 51.0 Å². The number of aromatic nitrogens is 2. The molecule has 39 heavy (non-hydrogen) atoms. The fraction of sp³-hybridized carbons (Fsp3) is 0.419. The molecule has 2 amide bonds. The molecule has 3 aromatic rings. The van der Waals surface area contributed by atoms with Crippen LogP contribution in [0.1, 0.15) is 66.3 Å². The van der Waals surface area contributed by atoms with E-state index in [4.69, 9.17) is 0 Å². The van der Waals surface area contributed by atoms with Gasteiger partial charge in [0, 0.05) is 5.69 Å². The Labute approximate surface area is 226 Å². The van der Waals surface area contributed by atoms with E-state index in [9.17, 15) is 19.5 Å². The van der Waals surface area contributed by atoms with E-state index in [1.807, 2.05) is 32.0 Å². The second-order valence-corrected chi connectivity index (χ2v) is 12.0. The first-order chi connectivity index (χ1) is 18.6. The first-order valence-corrected chi connectivity index (χ1v) is 13.7. The van der Waals surface area contributed by atoms with E-state index in [1.54, 1.807) is 13.0 Å². The molecule has 0 atom stereocenters. The van der Waals surface area contributed by atoms with Gasteiger partial charge < -0.3 is 10.4 Å². The molecule has 0 spiro atoms. The van der Waals surface area contributed by atoms with Gasteiger partial charge in [0.05, 0.1) is 11.9 Å². The highest BCUT2D eigenvalue weighted by atomic mass is 16.3. The highest BCUT2D eigenvalue weighted by molar-refractivity contribution is 5.99. The summed E-state index contributed by atoms with van der Waals surface area (Å²) in [6, 6.07) is 11.1. The molecule has 7 rings (SSSR count). The lowest BCUT2D eigenvalue weighted by molar-refractivity contribution is -0.00520. The van der Waals surface area contributed by atoms with E-state index in [2.05, 4.69) is 27.4 Å². The number of amides is 2. The predicted octanol–water partition coefficient (Wildman–Crippen LogP) is 5.28. The molecule has 8 heteroatoms. The van der Waals surface area contributed by atoms with Crippen LogP contribution in [0.5, 0.6) is 5.88 Å². The van der Waals surface area contributed by atoms with Gasteiger partial charge in [0.1, 0.15) is 5.56 Å². The van der Waals surface area contributed by atoms with Crippen molar-refractivity contribution in [2.75, 3.05) is 5.32 Å². The Kier molecular flexibility index (Phi) is 6.08. The first-order valence-electron chi connectivity index (χ1n) is 13.7. The maximum atomic E-state index is 12.7. The van der Waals surface area contributed by atoms with Crippen LogP contribution in [0.2, 0.25) is 0 Å². The van der Waals surface area contributed by atoms with Crippen LogP contribution < -0.4 is 16.6 Å². The Morgan fingerprint density at radius 3 is 2.31 bits per heavy atom. The maximum Gasteiger partial charge on any atom is 0.345 e. The average Bonchev–Trinajstić information content (AvgIpc) is 2.86. The van der Waals surface area contributed by atoms with Crippen LogP contribution in [-0.4, -0.2) is 26.9 Å². The van der Waals surface area contributed by atoms with Gasteiger partial charge in [0.25, 0.3) is 5.56 Å². The van der Waals surface area contributed by atoms with E-state index in [-0.39, 0.29) is 11.0 Å². The minimum atomic E-state index is -0.827. The third-order valence-corrected chi connectivity index (χ3v) is 9.16. The molecule has 4 bridgehead atoms. The number of H-pyrrole nitrogens is 1. The van der Waals surface area contributed by atoms with Gasteiger partial charge in [0.2, 0.25) is 5.88 Å². The number of nitrogens with one attached hydrogen (secondary N) is 2. The topological polar surface area (TPSA) is 117 Å². The molecule has 0 aliphatic heterocycles. The van der Waals surface area contributed by atoms with E-state index in [0.717, 1.165) is 45.2 Å². The quantitative estimate of drug-likeness (QED) is 0.401. The van der Waals surface area contributed by atoms with Crippen LogP contribution in [0.25, 0.3) is 5.69 Å². The number of aromatic amines is 1. The summed E-state index contributed by atoms with van der Waals surface area (Å²) in [7, 11) is 0. The number of aromatic hydroxyl groups is 1. The molecular weight excluding hydrogens is 492 g/mol. The summed E-state index contributed by atoms with van der Waals surface area (Å²) in [5.74, 6) is 1.99. The third-order valence-electron chi connectivity index (χ3n) is 9.16. The van der Waals surface area contributed by atoms with Crippen LogP contribution in [0.4, 0.5) is 10.5 Å². The number of hydrogen-bond donors (Lipinski definition) is 3. The largest absolute Gasteiger partial charge is 0.493 e. The van der Waals surface area contributed by atoms with Crippen molar-refractivity contribution < 1.29 is 9.90 Å². The van der Waals surface area contributed by atoms with Crippen molar-refractivity contribution in [3.05, 3.63) is 85.1 Å². The van der Waals surface area contributed by atoms with E-state index >= 15 is 0 Å². The number of aliphatic imine (C=N–C) groups is 1. The number of hydrogen-bond acceptors (Lipinski definition) is 4. The van der Waals surface area contributed by atoms with E-state index in [1.165, 1.54) is 44.1 Å². The van der Waals surface area contributed by atoms with Gasteiger partial charge in [-0.25, -0.2) is 19.1 Å². The minimum Gasteiger partial charge on any atom is -0.493 e. The zero-order valence-electron chi connectivity index (χ0n) is 22.6. The van der Waals surface area contributed by atoms with Gasteiger partial charge >= 0.3 is 11.7 Å². The highest BCUT2D eigenvalue weighted by Crippen LogP contribution is 2.60. The minimum absolute atomic E-state index is 0.275. The molecule has 8 nitrogen and oxygen atoms in total. The summed E-state index contributed by atoms with van der Waals surface area (Å²) < 4.78 is 1.01. The molecule has 4 saturated carbocycles. The van der Waals surface area contributed by atoms with Gasteiger partial charge in [-0.2, -0.15) is 0 Å². The molecule has 4 fully saturated rings. The van der Waals surface area contributed by atoms with Crippen LogP contribution in [0, 0.1) is 38.5 Å². The molecule has 4 aliphatic carbocycles. The zero-order chi connectivity index (χ0) is 27.5. The fourth-order valence-corrected chi connectivity index (χ4v) is 7.71. The maximum absolute atomic E-state index is 12.7. The molecule has 0 radical (unpaired) electrons. The molecule has 1 aromatic heterocycles. The summed E-state index contributed by atoms with van der Waals surface area (Å²) in [5, 5.41) is 13.6. The lowest BCUT2D eigenvalue weighted by Gasteiger charge is -2.57. The number of carbonyl (C=O) groups excluding carboxylic acids is 1. The summed E-state index contributed by atoms with van der Waals surface area (Å²) in [6.07, 6.45) is 8.99. The SMILES string of the molecule is Cc1ccc(C)c(-n2c(O)c(C=NC(=O)Nc3ccc(C45CC6CC(CC(C6)C4)C5)cc3C)c(=O)[nH]c2=O)c1. The van der Waals surface area contributed by atoms with Gasteiger partial charge in [-0.15, -0.1) is 0 Å². The summed E-state index contributed by atoms with van der Waals surface area (Å²) >= 11 is 0. The summed E-state index contributed by atoms with van der Waals surface area (Å²) in [4.78, 5) is 43.8. The summed E-state index contributed by atoms with van der Waals surface area (Å²) in [6.45, 7) is 5.64. The second kappa shape index (κ2) is 9.36. The molecule has 0 saturated heterocycles. The number of carbonyl (C=O) groups is 1. The summed E-state index contributed by atoms with van der Waals surface area (Å²) in [5.41, 5.74) is 3.45. The Balaban J connectivity index is 1.23. The number of anilines is 1. The molecule has 1 heterocycles. The molecule has 4 aliphatic rings. The second-order valence-electron chi connectivity index (χ2n) is 12.0. The normalized spacial score (nSPS) is 25.4. The monoisotopic (exact) mass is 526 g/mol. The lowest BCUT2D eigenvalue weighted by atomic mass is 9.48. The lowest BCUT2D eigenvalue weighted by Crippen LogP contribution is -2.48. The highest BCUT2D eigenvalue weighted by Gasteiger charge is 2.51. The van der Waals surface area contributed by atoms with Crippen molar-refractivity contribution in [2.45, 2.75) is 64.7 Å². The molecule has 0 unspecified atom stereocenters.